The number of hydrogen-bond donors (Lipinski definition) is 4. The number of fused-ring (bicyclic) bond motifs is 3. The highest BCUT2D eigenvalue weighted by Crippen LogP contribution is 2.51. The molecule has 1 aliphatic heterocycles. The van der Waals surface area contributed by atoms with E-state index in [4.69, 9.17) is 5.73 Å². The number of nitrogens with one attached hydrogen (secondary N) is 2. The van der Waals surface area contributed by atoms with Gasteiger partial charge >= 0.3 is 0 Å². The van der Waals surface area contributed by atoms with Crippen LogP contribution in [0.1, 0.15) is 16.0 Å². The molecule has 132 valence electrons. The fourth-order valence-electron chi connectivity index (χ4n) is 3.37. The summed E-state index contributed by atoms with van der Waals surface area (Å²) in [6, 6.07) is 12.0. The van der Waals surface area contributed by atoms with E-state index in [-0.39, 0.29) is 5.75 Å². The van der Waals surface area contributed by atoms with Gasteiger partial charge in [0.15, 0.2) is 0 Å². The maximum absolute atomic E-state index is 10.7. The van der Waals surface area contributed by atoms with Gasteiger partial charge in [-0.2, -0.15) is 0 Å². The van der Waals surface area contributed by atoms with Crippen LogP contribution in [0.3, 0.4) is 0 Å². The maximum Gasteiger partial charge on any atom is 0.140 e. The topological polar surface area (TPSA) is 70.3 Å². The van der Waals surface area contributed by atoms with Crippen molar-refractivity contribution in [1.29, 1.82) is 0 Å². The van der Waals surface area contributed by atoms with Gasteiger partial charge in [-0.25, -0.2) is 0 Å². The van der Waals surface area contributed by atoms with Gasteiger partial charge in [-0.3, -0.25) is 0 Å². The van der Waals surface area contributed by atoms with Gasteiger partial charge in [0.2, 0.25) is 0 Å². The summed E-state index contributed by atoms with van der Waals surface area (Å²) in [4.78, 5) is 1.10. The Bertz CT molecular complexity index is 989. The molecule has 0 atom stereocenters. The molecule has 1 aromatic heterocycles. The van der Waals surface area contributed by atoms with Crippen LogP contribution in [0.15, 0.2) is 48.4 Å². The monoisotopic (exact) mass is 363 g/mol. The summed E-state index contributed by atoms with van der Waals surface area (Å²) in [5, 5.41) is 19.5. The summed E-state index contributed by atoms with van der Waals surface area (Å²) < 4.78 is 0. The molecule has 4 rings (SSSR count). The molecular formula is C21H21N3OS. The minimum atomic E-state index is 0.235. The van der Waals surface area contributed by atoms with Crippen LogP contribution < -0.4 is 16.4 Å². The van der Waals surface area contributed by atoms with Gasteiger partial charge in [-0.1, -0.05) is 18.7 Å². The van der Waals surface area contributed by atoms with Crippen molar-refractivity contribution in [3.8, 4) is 16.9 Å². The zero-order valence-electron chi connectivity index (χ0n) is 14.6. The smallest absolute Gasteiger partial charge is 0.140 e. The normalized spacial score (nSPS) is 12.3. The van der Waals surface area contributed by atoms with E-state index in [1.165, 1.54) is 5.56 Å². The van der Waals surface area contributed by atoms with Crippen LogP contribution in [0.5, 0.6) is 5.75 Å². The van der Waals surface area contributed by atoms with Crippen LogP contribution in [0.25, 0.3) is 16.8 Å². The summed E-state index contributed by atoms with van der Waals surface area (Å²) in [5.74, 6) is 0.235. The SMILES string of the molecule is C=C1Nc2c(C)cc(O)c(Nc3ccc(CCN)cc3)c2-c2ccsc21. The molecule has 26 heavy (non-hydrogen) atoms. The number of nitrogens with two attached hydrogens (primary N) is 1. The van der Waals surface area contributed by atoms with Crippen LogP contribution >= 0.6 is 11.3 Å². The molecular weight excluding hydrogens is 342 g/mol. The van der Waals surface area contributed by atoms with Crippen molar-refractivity contribution in [2.75, 3.05) is 17.2 Å². The van der Waals surface area contributed by atoms with Crippen LogP contribution in [-0.4, -0.2) is 11.7 Å². The Balaban J connectivity index is 1.81. The second-order valence-electron chi connectivity index (χ2n) is 6.47. The molecule has 0 saturated heterocycles. The van der Waals surface area contributed by atoms with Crippen molar-refractivity contribution < 1.29 is 5.11 Å². The summed E-state index contributed by atoms with van der Waals surface area (Å²) >= 11 is 1.65. The summed E-state index contributed by atoms with van der Waals surface area (Å²) in [7, 11) is 0. The van der Waals surface area contributed by atoms with Crippen LogP contribution in [0.4, 0.5) is 17.1 Å². The number of phenolic OH excluding ortho intramolecular Hbond substituents is 1. The average molecular weight is 363 g/mol. The fourth-order valence-corrected chi connectivity index (χ4v) is 4.20. The second-order valence-corrected chi connectivity index (χ2v) is 7.38. The number of aryl methyl sites for hydroxylation is 1. The van der Waals surface area contributed by atoms with E-state index in [1.807, 2.05) is 19.1 Å². The Kier molecular flexibility index (Phi) is 4.18. The highest BCUT2D eigenvalue weighted by molar-refractivity contribution is 7.11. The third-order valence-corrected chi connectivity index (χ3v) is 5.62. The Hall–Kier alpha value is -2.76. The Morgan fingerprint density at radius 2 is 2.00 bits per heavy atom. The second kappa shape index (κ2) is 6.52. The molecule has 0 spiro atoms. The van der Waals surface area contributed by atoms with E-state index >= 15 is 0 Å². The van der Waals surface area contributed by atoms with Gasteiger partial charge < -0.3 is 21.5 Å². The predicted octanol–water partition coefficient (Wildman–Crippen LogP) is 5.07. The van der Waals surface area contributed by atoms with Gasteiger partial charge in [-0.05, 0) is 60.7 Å². The molecule has 0 saturated carbocycles. The highest BCUT2D eigenvalue weighted by Gasteiger charge is 2.26. The molecule has 0 bridgehead atoms. The first kappa shape index (κ1) is 16.7. The van der Waals surface area contributed by atoms with Crippen molar-refractivity contribution in [1.82, 2.24) is 0 Å². The van der Waals surface area contributed by atoms with E-state index in [2.05, 4.69) is 40.8 Å². The molecule has 4 nitrogen and oxygen atoms in total. The molecule has 0 unspecified atom stereocenters. The molecule has 3 aromatic rings. The van der Waals surface area contributed by atoms with E-state index in [0.717, 1.165) is 45.1 Å². The first-order valence-corrected chi connectivity index (χ1v) is 9.43. The quantitative estimate of drug-likeness (QED) is 0.386. The molecule has 0 aliphatic carbocycles. The maximum atomic E-state index is 10.7. The van der Waals surface area contributed by atoms with Crippen molar-refractivity contribution in [3.05, 3.63) is 64.4 Å². The zero-order valence-corrected chi connectivity index (χ0v) is 15.4. The average Bonchev–Trinajstić information content (AvgIpc) is 3.11. The van der Waals surface area contributed by atoms with Gasteiger partial charge in [0.25, 0.3) is 0 Å². The van der Waals surface area contributed by atoms with E-state index < -0.39 is 0 Å². The number of hydrogen-bond acceptors (Lipinski definition) is 5. The first-order valence-electron chi connectivity index (χ1n) is 8.55. The molecule has 2 aromatic carbocycles. The van der Waals surface area contributed by atoms with E-state index in [9.17, 15) is 5.11 Å². The largest absolute Gasteiger partial charge is 0.506 e. The van der Waals surface area contributed by atoms with Crippen LogP contribution in [0, 0.1) is 6.92 Å². The summed E-state index contributed by atoms with van der Waals surface area (Å²) in [6.45, 7) is 6.76. The number of anilines is 3. The molecule has 0 fully saturated rings. The number of thiophene rings is 1. The lowest BCUT2D eigenvalue weighted by molar-refractivity contribution is 0.477. The fraction of sp³-hybridized carbons (Fsp3) is 0.143. The van der Waals surface area contributed by atoms with Crippen molar-refractivity contribution in [2.24, 2.45) is 5.73 Å². The zero-order chi connectivity index (χ0) is 18.3. The molecule has 5 N–H and O–H groups in total. The number of phenols is 1. The minimum Gasteiger partial charge on any atom is -0.506 e. The Labute approximate surface area is 157 Å². The lowest BCUT2D eigenvalue weighted by Gasteiger charge is -2.26. The van der Waals surface area contributed by atoms with Crippen molar-refractivity contribution in [2.45, 2.75) is 13.3 Å². The standard InChI is InChI=1S/C21H21N3OS/c1-12-11-17(25)20(24-15-5-3-14(4-6-15)7-9-22)18-16-8-10-26-21(16)13(2)23-19(12)18/h3-6,8,10-11,23-25H,2,7,9,22H2,1H3. The first-order chi connectivity index (χ1) is 12.6. The van der Waals surface area contributed by atoms with Gasteiger partial charge in [0.05, 0.1) is 16.3 Å². The Morgan fingerprint density at radius 3 is 2.73 bits per heavy atom. The summed E-state index contributed by atoms with van der Waals surface area (Å²) in [6.07, 6.45) is 0.857. The predicted molar refractivity (Wildman–Crippen MR) is 111 cm³/mol. The van der Waals surface area contributed by atoms with Gasteiger partial charge in [-0.15, -0.1) is 11.3 Å². The van der Waals surface area contributed by atoms with Crippen molar-refractivity contribution in [3.63, 3.8) is 0 Å². The molecule has 2 heterocycles. The number of benzene rings is 2. The van der Waals surface area contributed by atoms with Crippen molar-refractivity contribution >= 4 is 34.1 Å². The Morgan fingerprint density at radius 1 is 1.23 bits per heavy atom. The van der Waals surface area contributed by atoms with E-state index in [0.29, 0.717) is 12.2 Å². The van der Waals surface area contributed by atoms with E-state index in [1.54, 1.807) is 17.4 Å². The molecule has 0 radical (unpaired) electrons. The van der Waals surface area contributed by atoms with Crippen LogP contribution in [-0.2, 0) is 6.42 Å². The molecule has 5 heteroatoms. The minimum absolute atomic E-state index is 0.235. The highest BCUT2D eigenvalue weighted by atomic mass is 32.1. The third-order valence-electron chi connectivity index (χ3n) is 4.64. The molecule has 0 amide bonds. The molecule has 1 aliphatic rings. The summed E-state index contributed by atoms with van der Waals surface area (Å²) in [5.41, 5.74) is 13.4. The lowest BCUT2D eigenvalue weighted by Crippen LogP contribution is -2.08. The number of rotatable bonds is 4. The third kappa shape index (κ3) is 2.75. The van der Waals surface area contributed by atoms with Crippen LogP contribution in [0.2, 0.25) is 0 Å². The number of aromatic hydroxyl groups is 1. The lowest BCUT2D eigenvalue weighted by atomic mass is 9.94. The van der Waals surface area contributed by atoms with Gasteiger partial charge in [0, 0.05) is 22.5 Å². The van der Waals surface area contributed by atoms with Gasteiger partial charge in [0.1, 0.15) is 5.75 Å².